The first-order valence-electron chi connectivity index (χ1n) is 9.89. The molecule has 2 aliphatic heterocycles. The van der Waals surface area contributed by atoms with Gasteiger partial charge in [0.1, 0.15) is 0 Å². The minimum Gasteiger partial charge on any atom is -0.311 e. The minimum atomic E-state index is -3.39. The lowest BCUT2D eigenvalue weighted by Crippen LogP contribution is -2.35. The van der Waals surface area contributed by atoms with Gasteiger partial charge in [0.2, 0.25) is 15.9 Å². The summed E-state index contributed by atoms with van der Waals surface area (Å²) in [7, 11) is -3.39. The van der Waals surface area contributed by atoms with Gasteiger partial charge in [-0.1, -0.05) is 12.1 Å². The van der Waals surface area contributed by atoms with Crippen molar-refractivity contribution in [2.45, 2.75) is 43.4 Å². The van der Waals surface area contributed by atoms with Crippen molar-refractivity contribution < 1.29 is 13.2 Å². The van der Waals surface area contributed by atoms with E-state index in [2.05, 4.69) is 4.98 Å². The van der Waals surface area contributed by atoms with Crippen molar-refractivity contribution in [3.05, 3.63) is 53.9 Å². The van der Waals surface area contributed by atoms with E-state index in [-0.39, 0.29) is 5.91 Å². The summed E-state index contributed by atoms with van der Waals surface area (Å²) in [6.45, 7) is 1.93. The summed E-state index contributed by atoms with van der Waals surface area (Å²) in [4.78, 5) is 19.3. The molecule has 0 bridgehead atoms. The number of benzene rings is 1. The third kappa shape index (κ3) is 3.82. The summed E-state index contributed by atoms with van der Waals surface area (Å²) in [6, 6.07) is 10.8. The molecule has 4 rings (SSSR count). The van der Waals surface area contributed by atoms with E-state index in [9.17, 15) is 13.2 Å². The van der Waals surface area contributed by atoms with E-state index in [0.717, 1.165) is 49.2 Å². The van der Waals surface area contributed by atoms with Crippen molar-refractivity contribution in [1.82, 2.24) is 9.29 Å². The van der Waals surface area contributed by atoms with E-state index >= 15 is 0 Å². The zero-order valence-electron chi connectivity index (χ0n) is 15.9. The third-order valence-electron chi connectivity index (χ3n) is 5.51. The smallest absolute Gasteiger partial charge is 0.243 e. The summed E-state index contributed by atoms with van der Waals surface area (Å²) in [6.07, 6.45) is 6.45. The van der Waals surface area contributed by atoms with Crippen molar-refractivity contribution >= 4 is 21.6 Å². The summed E-state index contributed by atoms with van der Waals surface area (Å²) in [5.74, 6) is 0.0858. The highest BCUT2D eigenvalue weighted by atomic mass is 32.2. The van der Waals surface area contributed by atoms with Gasteiger partial charge in [-0.15, -0.1) is 0 Å². The summed E-state index contributed by atoms with van der Waals surface area (Å²) in [5, 5.41) is 0. The van der Waals surface area contributed by atoms with Crippen LogP contribution >= 0.6 is 0 Å². The van der Waals surface area contributed by atoms with E-state index in [1.54, 1.807) is 22.6 Å². The normalized spacial score (nSPS) is 17.5. The van der Waals surface area contributed by atoms with Crippen LogP contribution in [-0.4, -0.2) is 43.2 Å². The monoisotopic (exact) mass is 399 g/mol. The molecule has 1 aromatic heterocycles. The molecule has 28 heavy (non-hydrogen) atoms. The minimum absolute atomic E-state index is 0.0858. The van der Waals surface area contributed by atoms with Crippen LogP contribution in [-0.2, 0) is 27.7 Å². The predicted molar refractivity (Wildman–Crippen MR) is 108 cm³/mol. The number of fused-ring (bicyclic) bond motifs is 1. The molecule has 1 amide bonds. The average molecular weight is 400 g/mol. The number of hydrogen-bond acceptors (Lipinski definition) is 4. The fourth-order valence-electron chi connectivity index (χ4n) is 3.94. The van der Waals surface area contributed by atoms with Crippen LogP contribution in [0.3, 0.4) is 0 Å². The van der Waals surface area contributed by atoms with Crippen LogP contribution in [0.1, 0.15) is 36.9 Å². The molecule has 0 radical (unpaired) electrons. The highest BCUT2D eigenvalue weighted by molar-refractivity contribution is 7.89. The number of aryl methyl sites for hydroxylation is 2. The van der Waals surface area contributed by atoms with Crippen LogP contribution in [0.15, 0.2) is 47.5 Å². The number of carbonyl (C=O) groups is 1. The van der Waals surface area contributed by atoms with Gasteiger partial charge in [0.25, 0.3) is 0 Å². The first-order chi connectivity index (χ1) is 13.6. The lowest BCUT2D eigenvalue weighted by molar-refractivity contribution is -0.118. The van der Waals surface area contributed by atoms with Crippen LogP contribution in [0, 0.1) is 0 Å². The number of anilines is 1. The SMILES string of the molecule is O=C(CCc1ccc(S(=O)(=O)N2CCCC2)cc1)N1CCCc2ncccc21. The zero-order valence-corrected chi connectivity index (χ0v) is 16.7. The molecule has 0 saturated carbocycles. The van der Waals surface area contributed by atoms with Gasteiger partial charge in [-0.05, 0) is 61.9 Å². The first kappa shape index (κ1) is 19.1. The standard InChI is InChI=1S/C21H25N3O3S/c25-21(24-16-4-5-19-20(24)6-3-13-22-19)12-9-17-7-10-18(11-8-17)28(26,27)23-14-1-2-15-23/h3,6-8,10-11,13H,1-2,4-5,9,12,14-16H2. The first-order valence-corrected chi connectivity index (χ1v) is 11.3. The Hall–Kier alpha value is -2.25. The van der Waals surface area contributed by atoms with Gasteiger partial charge in [-0.25, -0.2) is 8.42 Å². The molecule has 0 aliphatic carbocycles. The number of amides is 1. The maximum Gasteiger partial charge on any atom is 0.243 e. The Morgan fingerprint density at radius 2 is 1.75 bits per heavy atom. The summed E-state index contributed by atoms with van der Waals surface area (Å²) >= 11 is 0. The van der Waals surface area contributed by atoms with E-state index < -0.39 is 10.0 Å². The summed E-state index contributed by atoms with van der Waals surface area (Å²) in [5.41, 5.74) is 2.88. The van der Waals surface area contributed by atoms with E-state index in [1.165, 1.54) is 0 Å². The predicted octanol–water partition coefficient (Wildman–Crippen LogP) is 2.78. The Morgan fingerprint density at radius 3 is 2.50 bits per heavy atom. The highest BCUT2D eigenvalue weighted by Crippen LogP contribution is 2.26. The van der Waals surface area contributed by atoms with E-state index in [1.807, 2.05) is 29.2 Å². The third-order valence-corrected chi connectivity index (χ3v) is 7.42. The molecule has 0 N–H and O–H groups in total. The van der Waals surface area contributed by atoms with Crippen molar-refractivity contribution in [1.29, 1.82) is 0 Å². The van der Waals surface area contributed by atoms with E-state index in [0.29, 0.717) is 30.8 Å². The lowest BCUT2D eigenvalue weighted by Gasteiger charge is -2.28. The van der Waals surface area contributed by atoms with Crippen molar-refractivity contribution in [2.24, 2.45) is 0 Å². The zero-order chi connectivity index (χ0) is 19.6. The second-order valence-electron chi connectivity index (χ2n) is 7.37. The molecule has 7 heteroatoms. The second kappa shape index (κ2) is 8.01. The maximum atomic E-state index is 12.7. The van der Waals surface area contributed by atoms with Gasteiger partial charge in [-0.2, -0.15) is 4.31 Å². The Balaban J connectivity index is 1.40. The Kier molecular flexibility index (Phi) is 5.46. The molecule has 3 heterocycles. The van der Waals surface area contributed by atoms with E-state index in [4.69, 9.17) is 0 Å². The van der Waals surface area contributed by atoms with Crippen LogP contribution in [0.4, 0.5) is 5.69 Å². The molecule has 0 spiro atoms. The number of carbonyl (C=O) groups excluding carboxylic acids is 1. The Morgan fingerprint density at radius 1 is 1.00 bits per heavy atom. The molecule has 148 valence electrons. The molecular weight excluding hydrogens is 374 g/mol. The fraction of sp³-hybridized carbons (Fsp3) is 0.429. The number of sulfonamides is 1. The number of nitrogens with zero attached hydrogens (tertiary/aromatic N) is 3. The van der Waals surface area contributed by atoms with Gasteiger partial charge in [0.05, 0.1) is 16.3 Å². The molecule has 1 saturated heterocycles. The number of pyridine rings is 1. The molecule has 0 unspecified atom stereocenters. The largest absolute Gasteiger partial charge is 0.311 e. The summed E-state index contributed by atoms with van der Waals surface area (Å²) < 4.78 is 26.7. The molecule has 2 aromatic rings. The molecule has 6 nitrogen and oxygen atoms in total. The number of aromatic nitrogens is 1. The van der Waals surface area contributed by atoms with Gasteiger partial charge in [-0.3, -0.25) is 9.78 Å². The molecule has 1 aromatic carbocycles. The average Bonchev–Trinajstić information content (AvgIpc) is 3.28. The Labute approximate surface area is 166 Å². The van der Waals surface area contributed by atoms with Crippen LogP contribution in [0.5, 0.6) is 0 Å². The van der Waals surface area contributed by atoms with Crippen LogP contribution < -0.4 is 4.90 Å². The number of hydrogen-bond donors (Lipinski definition) is 0. The van der Waals surface area contributed by atoms with Crippen molar-refractivity contribution in [2.75, 3.05) is 24.5 Å². The number of rotatable bonds is 5. The van der Waals surface area contributed by atoms with Gasteiger partial charge in [0.15, 0.2) is 0 Å². The topological polar surface area (TPSA) is 70.6 Å². The molecule has 2 aliphatic rings. The molecule has 0 atom stereocenters. The molecule has 1 fully saturated rings. The van der Waals surface area contributed by atoms with Crippen LogP contribution in [0.2, 0.25) is 0 Å². The van der Waals surface area contributed by atoms with Crippen molar-refractivity contribution in [3.63, 3.8) is 0 Å². The van der Waals surface area contributed by atoms with Gasteiger partial charge < -0.3 is 4.90 Å². The quantitative estimate of drug-likeness (QED) is 0.775. The maximum absolute atomic E-state index is 12.7. The second-order valence-corrected chi connectivity index (χ2v) is 9.31. The van der Waals surface area contributed by atoms with Crippen molar-refractivity contribution in [3.8, 4) is 0 Å². The lowest BCUT2D eigenvalue weighted by atomic mass is 10.1. The van der Waals surface area contributed by atoms with Gasteiger partial charge >= 0.3 is 0 Å². The van der Waals surface area contributed by atoms with Gasteiger partial charge in [0, 0.05) is 32.3 Å². The molecular formula is C21H25N3O3S. The highest BCUT2D eigenvalue weighted by Gasteiger charge is 2.27. The Bertz CT molecular complexity index is 951. The fourth-order valence-corrected chi connectivity index (χ4v) is 5.46. The van der Waals surface area contributed by atoms with Crippen LogP contribution in [0.25, 0.3) is 0 Å².